The second-order valence-electron chi connectivity index (χ2n) is 5.06. The SMILES string of the molecule is CCN(CCNc1cnnc2ccccc12)C1CC1. The highest BCUT2D eigenvalue weighted by atomic mass is 15.2. The number of fused-ring (bicyclic) bond motifs is 1. The van der Waals surface area contributed by atoms with Gasteiger partial charge in [-0.3, -0.25) is 4.90 Å². The fourth-order valence-corrected chi connectivity index (χ4v) is 2.52. The largest absolute Gasteiger partial charge is 0.382 e. The molecule has 1 aromatic carbocycles. The lowest BCUT2D eigenvalue weighted by molar-refractivity contribution is 0.289. The average Bonchev–Trinajstić information content (AvgIpc) is 3.28. The summed E-state index contributed by atoms with van der Waals surface area (Å²) in [6.07, 6.45) is 4.55. The van der Waals surface area contributed by atoms with Gasteiger partial charge in [0, 0.05) is 24.5 Å². The van der Waals surface area contributed by atoms with E-state index in [1.165, 1.54) is 12.8 Å². The monoisotopic (exact) mass is 256 g/mol. The number of nitrogens with one attached hydrogen (secondary N) is 1. The number of hydrogen-bond donors (Lipinski definition) is 1. The molecule has 3 rings (SSSR count). The second kappa shape index (κ2) is 5.53. The highest BCUT2D eigenvalue weighted by Crippen LogP contribution is 2.26. The summed E-state index contributed by atoms with van der Waals surface area (Å²) in [7, 11) is 0. The molecular formula is C15H20N4. The van der Waals surface area contributed by atoms with Crippen LogP contribution in [-0.4, -0.2) is 40.8 Å². The van der Waals surface area contributed by atoms with Crippen molar-refractivity contribution in [3.05, 3.63) is 30.5 Å². The van der Waals surface area contributed by atoms with Crippen LogP contribution in [0.1, 0.15) is 19.8 Å². The molecule has 4 heteroatoms. The van der Waals surface area contributed by atoms with Crippen molar-refractivity contribution in [2.45, 2.75) is 25.8 Å². The average molecular weight is 256 g/mol. The molecule has 0 atom stereocenters. The van der Waals surface area contributed by atoms with Crippen molar-refractivity contribution in [2.75, 3.05) is 25.0 Å². The Balaban J connectivity index is 1.65. The summed E-state index contributed by atoms with van der Waals surface area (Å²) in [4.78, 5) is 2.55. The molecule has 0 unspecified atom stereocenters. The molecular weight excluding hydrogens is 236 g/mol. The summed E-state index contributed by atoms with van der Waals surface area (Å²) in [5.41, 5.74) is 2.03. The van der Waals surface area contributed by atoms with E-state index < -0.39 is 0 Å². The molecule has 0 aliphatic heterocycles. The van der Waals surface area contributed by atoms with Crippen LogP contribution in [0.25, 0.3) is 10.9 Å². The van der Waals surface area contributed by atoms with E-state index in [1.54, 1.807) is 0 Å². The Bertz CT molecular complexity index is 545. The molecule has 0 bridgehead atoms. The van der Waals surface area contributed by atoms with Crippen molar-refractivity contribution < 1.29 is 0 Å². The Kier molecular flexibility index (Phi) is 3.60. The minimum Gasteiger partial charge on any atom is -0.382 e. The second-order valence-corrected chi connectivity index (χ2v) is 5.06. The zero-order valence-electron chi connectivity index (χ0n) is 11.3. The number of likely N-dealkylation sites (N-methyl/N-ethyl adjacent to an activating group) is 1. The van der Waals surface area contributed by atoms with Gasteiger partial charge in [-0.25, -0.2) is 0 Å². The van der Waals surface area contributed by atoms with Crippen LogP contribution >= 0.6 is 0 Å². The van der Waals surface area contributed by atoms with E-state index in [2.05, 4.69) is 33.4 Å². The van der Waals surface area contributed by atoms with Crippen LogP contribution in [0.15, 0.2) is 30.5 Å². The molecule has 1 aliphatic carbocycles. The van der Waals surface area contributed by atoms with E-state index in [0.29, 0.717) is 0 Å². The molecule has 0 spiro atoms. The molecule has 0 saturated heterocycles. The standard InChI is InChI=1S/C15H20N4/c1-2-19(12-7-8-12)10-9-16-15-11-17-18-14-6-4-3-5-13(14)15/h3-6,11-12H,2,7-10H2,1H3,(H,16,18). The van der Waals surface area contributed by atoms with Crippen LogP contribution in [0, 0.1) is 0 Å². The summed E-state index contributed by atoms with van der Waals surface area (Å²) in [6, 6.07) is 8.95. The lowest BCUT2D eigenvalue weighted by Gasteiger charge is -2.20. The van der Waals surface area contributed by atoms with E-state index in [1.807, 2.05) is 24.4 Å². The number of benzene rings is 1. The number of anilines is 1. The van der Waals surface area contributed by atoms with E-state index in [-0.39, 0.29) is 0 Å². The fourth-order valence-electron chi connectivity index (χ4n) is 2.52. The normalized spacial score (nSPS) is 15.1. The number of aromatic nitrogens is 2. The Morgan fingerprint density at radius 2 is 2.16 bits per heavy atom. The lowest BCUT2D eigenvalue weighted by Crippen LogP contribution is -2.30. The molecule has 1 aliphatic rings. The van der Waals surface area contributed by atoms with Gasteiger partial charge in [0.05, 0.1) is 17.4 Å². The summed E-state index contributed by atoms with van der Waals surface area (Å²) >= 11 is 0. The van der Waals surface area contributed by atoms with Gasteiger partial charge in [-0.05, 0) is 25.5 Å². The summed E-state index contributed by atoms with van der Waals surface area (Å²) in [6.45, 7) is 5.43. The van der Waals surface area contributed by atoms with Gasteiger partial charge in [0.1, 0.15) is 0 Å². The molecule has 1 saturated carbocycles. The summed E-state index contributed by atoms with van der Waals surface area (Å²) < 4.78 is 0. The summed E-state index contributed by atoms with van der Waals surface area (Å²) in [5, 5.41) is 12.8. The fraction of sp³-hybridized carbons (Fsp3) is 0.467. The van der Waals surface area contributed by atoms with Crippen molar-refractivity contribution in [2.24, 2.45) is 0 Å². The maximum Gasteiger partial charge on any atom is 0.0950 e. The van der Waals surface area contributed by atoms with Gasteiger partial charge in [0.25, 0.3) is 0 Å². The molecule has 1 N–H and O–H groups in total. The molecule has 19 heavy (non-hydrogen) atoms. The zero-order valence-corrected chi connectivity index (χ0v) is 11.3. The van der Waals surface area contributed by atoms with Crippen LogP contribution in [0.5, 0.6) is 0 Å². The van der Waals surface area contributed by atoms with E-state index in [4.69, 9.17) is 0 Å². The van der Waals surface area contributed by atoms with E-state index in [9.17, 15) is 0 Å². The number of hydrogen-bond acceptors (Lipinski definition) is 4. The molecule has 0 amide bonds. The molecule has 1 heterocycles. The Morgan fingerprint density at radius 3 is 2.95 bits per heavy atom. The van der Waals surface area contributed by atoms with Crippen LogP contribution in [0.3, 0.4) is 0 Å². The van der Waals surface area contributed by atoms with Crippen LogP contribution < -0.4 is 5.32 Å². The molecule has 100 valence electrons. The van der Waals surface area contributed by atoms with Gasteiger partial charge in [-0.2, -0.15) is 10.2 Å². The predicted molar refractivity (Wildman–Crippen MR) is 78.3 cm³/mol. The lowest BCUT2D eigenvalue weighted by atomic mass is 10.2. The topological polar surface area (TPSA) is 41.0 Å². The molecule has 1 aromatic heterocycles. The number of rotatable bonds is 6. The van der Waals surface area contributed by atoms with Crippen molar-refractivity contribution in [1.82, 2.24) is 15.1 Å². The minimum atomic E-state index is 0.833. The third-order valence-corrected chi connectivity index (χ3v) is 3.73. The first-order valence-corrected chi connectivity index (χ1v) is 7.07. The molecule has 4 nitrogen and oxygen atoms in total. The van der Waals surface area contributed by atoms with Crippen molar-refractivity contribution in [1.29, 1.82) is 0 Å². The molecule has 2 aromatic rings. The first-order valence-electron chi connectivity index (χ1n) is 7.07. The van der Waals surface area contributed by atoms with Crippen LogP contribution in [0.2, 0.25) is 0 Å². The molecule has 0 radical (unpaired) electrons. The van der Waals surface area contributed by atoms with Crippen LogP contribution in [-0.2, 0) is 0 Å². The zero-order chi connectivity index (χ0) is 13.1. The van der Waals surface area contributed by atoms with E-state index >= 15 is 0 Å². The Hall–Kier alpha value is -1.68. The molecule has 1 fully saturated rings. The highest BCUT2D eigenvalue weighted by molar-refractivity contribution is 5.90. The van der Waals surface area contributed by atoms with Crippen molar-refractivity contribution in [3.63, 3.8) is 0 Å². The maximum absolute atomic E-state index is 4.14. The van der Waals surface area contributed by atoms with Gasteiger partial charge >= 0.3 is 0 Å². The highest BCUT2D eigenvalue weighted by Gasteiger charge is 2.27. The van der Waals surface area contributed by atoms with Gasteiger partial charge in [0.15, 0.2) is 0 Å². The minimum absolute atomic E-state index is 0.833. The van der Waals surface area contributed by atoms with Gasteiger partial charge in [-0.1, -0.05) is 25.1 Å². The van der Waals surface area contributed by atoms with Gasteiger partial charge in [-0.15, -0.1) is 0 Å². The third kappa shape index (κ3) is 2.84. The summed E-state index contributed by atoms with van der Waals surface area (Å²) in [5.74, 6) is 0. The number of nitrogens with zero attached hydrogens (tertiary/aromatic N) is 3. The predicted octanol–water partition coefficient (Wildman–Crippen LogP) is 2.53. The quantitative estimate of drug-likeness (QED) is 0.862. The van der Waals surface area contributed by atoms with Crippen LogP contribution in [0.4, 0.5) is 5.69 Å². The van der Waals surface area contributed by atoms with E-state index in [0.717, 1.165) is 42.3 Å². The van der Waals surface area contributed by atoms with Gasteiger partial charge < -0.3 is 5.32 Å². The maximum atomic E-state index is 4.14. The first kappa shape index (κ1) is 12.4. The Labute approximate surface area is 113 Å². The third-order valence-electron chi connectivity index (χ3n) is 3.73. The van der Waals surface area contributed by atoms with Crippen molar-refractivity contribution >= 4 is 16.6 Å². The van der Waals surface area contributed by atoms with Crippen molar-refractivity contribution in [3.8, 4) is 0 Å². The smallest absolute Gasteiger partial charge is 0.0950 e. The van der Waals surface area contributed by atoms with Gasteiger partial charge in [0.2, 0.25) is 0 Å². The Morgan fingerprint density at radius 1 is 1.32 bits per heavy atom. The first-order chi connectivity index (χ1) is 9.38.